The zero-order chi connectivity index (χ0) is 27.3. The third-order valence-corrected chi connectivity index (χ3v) is 5.55. The lowest BCUT2D eigenvalue weighted by Gasteiger charge is -2.14. The van der Waals surface area contributed by atoms with E-state index >= 15 is 0 Å². The third-order valence-electron chi connectivity index (χ3n) is 5.55. The fourth-order valence-corrected chi connectivity index (χ4v) is 3.57. The number of rotatable bonds is 8. The molecule has 2 aromatic carbocycles. The van der Waals surface area contributed by atoms with Crippen LogP contribution in [0.2, 0.25) is 0 Å². The number of benzene rings is 2. The first-order valence-corrected chi connectivity index (χ1v) is 11.9. The number of nitrogens with one attached hydrogen (secondary N) is 2. The van der Waals surface area contributed by atoms with Gasteiger partial charge in [-0.2, -0.15) is 5.10 Å². The Morgan fingerprint density at radius 1 is 0.974 bits per heavy atom. The maximum atomic E-state index is 14.8. The molecule has 0 fully saturated rings. The van der Waals surface area contributed by atoms with Crippen LogP contribution in [0.3, 0.4) is 0 Å². The lowest BCUT2D eigenvalue weighted by molar-refractivity contribution is 0.185. The summed E-state index contributed by atoms with van der Waals surface area (Å²) in [4.78, 5) is 16.9. The first-order chi connectivity index (χ1) is 18.2. The zero-order valence-electron chi connectivity index (χ0n) is 21.9. The quantitative estimate of drug-likeness (QED) is 0.284. The van der Waals surface area contributed by atoms with Gasteiger partial charge in [-0.05, 0) is 35.9 Å². The summed E-state index contributed by atoms with van der Waals surface area (Å²) in [7, 11) is 3.13. The van der Waals surface area contributed by atoms with Gasteiger partial charge in [-0.15, -0.1) is 0 Å². The number of amides is 2. The van der Waals surface area contributed by atoms with E-state index in [1.807, 2.05) is 45.0 Å². The summed E-state index contributed by atoms with van der Waals surface area (Å²) in [5, 5.41) is 10.1. The third kappa shape index (κ3) is 6.46. The van der Waals surface area contributed by atoms with Crippen molar-refractivity contribution in [3.63, 3.8) is 0 Å². The molecule has 2 heterocycles. The first kappa shape index (κ1) is 26.6. The molecule has 0 aliphatic rings. The van der Waals surface area contributed by atoms with Crippen molar-refractivity contribution in [2.45, 2.75) is 32.8 Å². The van der Waals surface area contributed by atoms with Gasteiger partial charge in [0.05, 0.1) is 30.8 Å². The molecule has 0 atom stereocenters. The van der Waals surface area contributed by atoms with E-state index < -0.39 is 11.8 Å². The number of anilines is 2. The number of aromatic nitrogens is 3. The van der Waals surface area contributed by atoms with Gasteiger partial charge in [0, 0.05) is 36.9 Å². The van der Waals surface area contributed by atoms with Crippen molar-refractivity contribution >= 4 is 17.5 Å². The fraction of sp³-hybridized carbons (Fsp3) is 0.250. The SMILES string of the molecule is COCc1ccc(-n2nc(C(C)(C)C)cc2NC(=O)Nc2ccc(Oc3ccnc(OC)c3)cc2F)cc1. The lowest BCUT2D eigenvalue weighted by Crippen LogP contribution is -2.22. The first-order valence-electron chi connectivity index (χ1n) is 11.9. The van der Waals surface area contributed by atoms with Gasteiger partial charge in [-0.25, -0.2) is 18.9 Å². The van der Waals surface area contributed by atoms with Crippen LogP contribution in [0.15, 0.2) is 66.9 Å². The lowest BCUT2D eigenvalue weighted by atomic mass is 9.92. The number of ether oxygens (including phenoxy) is 3. The maximum Gasteiger partial charge on any atom is 0.324 e. The Labute approximate surface area is 220 Å². The number of urea groups is 1. The molecule has 0 spiro atoms. The molecule has 9 nitrogen and oxygen atoms in total. The van der Waals surface area contributed by atoms with Crippen molar-refractivity contribution in [2.75, 3.05) is 24.9 Å². The fourth-order valence-electron chi connectivity index (χ4n) is 3.57. The van der Waals surface area contributed by atoms with Gasteiger partial charge in [0.2, 0.25) is 5.88 Å². The topological polar surface area (TPSA) is 99.5 Å². The van der Waals surface area contributed by atoms with Gasteiger partial charge in [-0.3, -0.25) is 5.32 Å². The average Bonchev–Trinajstić information content (AvgIpc) is 3.31. The molecule has 38 heavy (non-hydrogen) atoms. The molecule has 2 N–H and O–H groups in total. The van der Waals surface area contributed by atoms with Crippen LogP contribution in [0.5, 0.6) is 17.4 Å². The number of hydrogen-bond donors (Lipinski definition) is 2. The maximum absolute atomic E-state index is 14.8. The van der Waals surface area contributed by atoms with E-state index in [-0.39, 0.29) is 16.9 Å². The van der Waals surface area contributed by atoms with Crippen molar-refractivity contribution in [1.82, 2.24) is 14.8 Å². The Morgan fingerprint density at radius 3 is 2.37 bits per heavy atom. The van der Waals surface area contributed by atoms with Crippen molar-refractivity contribution in [3.8, 4) is 23.1 Å². The minimum absolute atomic E-state index is 0.00631. The van der Waals surface area contributed by atoms with Crippen LogP contribution in [0.1, 0.15) is 32.0 Å². The normalized spacial score (nSPS) is 11.2. The molecule has 4 aromatic rings. The molecule has 10 heteroatoms. The minimum Gasteiger partial charge on any atom is -0.481 e. The van der Waals surface area contributed by atoms with Gasteiger partial charge < -0.3 is 19.5 Å². The van der Waals surface area contributed by atoms with Crippen LogP contribution in [-0.2, 0) is 16.8 Å². The minimum atomic E-state index is -0.656. The largest absolute Gasteiger partial charge is 0.481 e. The van der Waals surface area contributed by atoms with E-state index in [2.05, 4.69) is 15.6 Å². The standard InChI is InChI=1S/C28H30FN5O4/c1-28(2,3)24-16-25(34(33-24)19-8-6-18(7-9-19)17-36-4)32-27(35)31-23-11-10-20(14-22(23)29)38-21-12-13-30-26(15-21)37-5/h6-16H,17H2,1-5H3,(H2,31,32,35). The Balaban J connectivity index is 1.51. The summed E-state index contributed by atoms with van der Waals surface area (Å²) < 4.78 is 32.4. The highest BCUT2D eigenvalue weighted by atomic mass is 19.1. The van der Waals surface area contributed by atoms with Crippen LogP contribution in [0, 0.1) is 5.82 Å². The number of carbonyl (C=O) groups excluding carboxylic acids is 1. The highest BCUT2D eigenvalue weighted by Gasteiger charge is 2.22. The highest BCUT2D eigenvalue weighted by Crippen LogP contribution is 2.29. The van der Waals surface area contributed by atoms with E-state index in [9.17, 15) is 9.18 Å². The molecule has 0 radical (unpaired) electrons. The van der Waals surface area contributed by atoms with Gasteiger partial charge >= 0.3 is 6.03 Å². The molecule has 0 aliphatic carbocycles. The molecule has 198 valence electrons. The highest BCUT2D eigenvalue weighted by molar-refractivity contribution is 5.99. The smallest absolute Gasteiger partial charge is 0.324 e. The molecule has 0 saturated carbocycles. The number of methoxy groups -OCH3 is 2. The van der Waals surface area contributed by atoms with Crippen LogP contribution < -0.4 is 20.1 Å². The van der Waals surface area contributed by atoms with E-state index in [0.717, 1.165) is 16.9 Å². The summed E-state index contributed by atoms with van der Waals surface area (Å²) in [6.07, 6.45) is 1.52. The van der Waals surface area contributed by atoms with Crippen LogP contribution in [-0.4, -0.2) is 35.0 Å². The molecule has 2 aromatic heterocycles. The second-order valence-electron chi connectivity index (χ2n) is 9.53. The molecular weight excluding hydrogens is 489 g/mol. The van der Waals surface area contributed by atoms with Crippen molar-refractivity contribution in [3.05, 3.63) is 83.9 Å². The van der Waals surface area contributed by atoms with Gasteiger partial charge in [0.15, 0.2) is 0 Å². The number of carbonyl (C=O) groups is 1. The van der Waals surface area contributed by atoms with E-state index in [0.29, 0.717) is 24.1 Å². The number of halogens is 1. The summed E-state index contributed by atoms with van der Waals surface area (Å²) in [6, 6.07) is 16.2. The molecule has 4 rings (SSSR count). The van der Waals surface area contributed by atoms with Crippen LogP contribution >= 0.6 is 0 Å². The predicted molar refractivity (Wildman–Crippen MR) is 143 cm³/mol. The van der Waals surface area contributed by atoms with Crippen molar-refractivity contribution in [1.29, 1.82) is 0 Å². The Kier molecular flexibility index (Phi) is 7.92. The summed E-state index contributed by atoms with van der Waals surface area (Å²) in [5.74, 6) is 0.854. The molecule has 2 amide bonds. The van der Waals surface area contributed by atoms with Gasteiger partial charge in [0.1, 0.15) is 23.1 Å². The Bertz CT molecular complexity index is 1410. The molecule has 0 bridgehead atoms. The zero-order valence-corrected chi connectivity index (χ0v) is 21.9. The van der Waals surface area contributed by atoms with E-state index in [4.69, 9.17) is 19.3 Å². The average molecular weight is 520 g/mol. The molecule has 0 saturated heterocycles. The molecular formula is C28H30FN5O4. The molecule has 0 aliphatic heterocycles. The van der Waals surface area contributed by atoms with E-state index in [1.165, 1.54) is 25.4 Å². The summed E-state index contributed by atoms with van der Waals surface area (Å²) in [6.45, 7) is 6.59. The van der Waals surface area contributed by atoms with Crippen LogP contribution in [0.4, 0.5) is 20.7 Å². The monoisotopic (exact) mass is 519 g/mol. The number of hydrogen-bond acceptors (Lipinski definition) is 6. The van der Waals surface area contributed by atoms with Gasteiger partial charge in [0.25, 0.3) is 0 Å². The predicted octanol–water partition coefficient (Wildman–Crippen LogP) is 6.30. The second kappa shape index (κ2) is 11.3. The summed E-state index contributed by atoms with van der Waals surface area (Å²) >= 11 is 0. The van der Waals surface area contributed by atoms with Gasteiger partial charge in [-0.1, -0.05) is 32.9 Å². The van der Waals surface area contributed by atoms with Crippen LogP contribution in [0.25, 0.3) is 5.69 Å². The number of pyridine rings is 1. The van der Waals surface area contributed by atoms with Crippen molar-refractivity contribution in [2.24, 2.45) is 0 Å². The van der Waals surface area contributed by atoms with Crippen molar-refractivity contribution < 1.29 is 23.4 Å². The molecule has 0 unspecified atom stereocenters. The Hall–Kier alpha value is -4.44. The summed E-state index contributed by atoms with van der Waals surface area (Å²) in [5.41, 5.74) is 2.30. The van der Waals surface area contributed by atoms with E-state index in [1.54, 1.807) is 36.1 Å². The second-order valence-corrected chi connectivity index (χ2v) is 9.53. The Morgan fingerprint density at radius 2 is 1.71 bits per heavy atom. The number of nitrogens with zero attached hydrogens (tertiary/aromatic N) is 3.